The van der Waals surface area contributed by atoms with E-state index in [2.05, 4.69) is 0 Å². The highest BCUT2D eigenvalue weighted by atomic mass is 32.2. The average Bonchev–Trinajstić information content (AvgIpc) is 3.09. The molecule has 3 aromatic carbocycles. The van der Waals surface area contributed by atoms with Crippen LogP contribution in [0.15, 0.2) is 93.1 Å². The first-order valence-corrected chi connectivity index (χ1v) is 9.69. The first-order chi connectivity index (χ1) is 13.0. The zero-order chi connectivity index (χ0) is 19.0. The smallest absolute Gasteiger partial charge is 0.285 e. The second kappa shape index (κ2) is 6.41. The van der Waals surface area contributed by atoms with Crippen molar-refractivity contribution >= 4 is 26.7 Å². The number of nitrogens with two attached hydrogens (primary N) is 1. The summed E-state index contributed by atoms with van der Waals surface area (Å²) in [4.78, 5) is 11.8. The van der Waals surface area contributed by atoms with Gasteiger partial charge in [-0.2, -0.15) is 0 Å². The lowest BCUT2D eigenvalue weighted by molar-refractivity contribution is 0.0971. The molecule has 4 aromatic rings. The van der Waals surface area contributed by atoms with Crippen LogP contribution in [0.25, 0.3) is 22.1 Å². The monoisotopic (exact) mass is 377 g/mol. The first-order valence-electron chi connectivity index (χ1n) is 8.21. The summed E-state index contributed by atoms with van der Waals surface area (Å²) in [7, 11) is -4.07. The number of sulfone groups is 1. The summed E-state index contributed by atoms with van der Waals surface area (Å²) >= 11 is 0. The van der Waals surface area contributed by atoms with Crippen LogP contribution in [0.4, 0.5) is 0 Å². The van der Waals surface area contributed by atoms with Crippen LogP contribution in [0.3, 0.4) is 0 Å². The first kappa shape index (κ1) is 17.1. The van der Waals surface area contributed by atoms with Crippen molar-refractivity contribution in [3.63, 3.8) is 0 Å². The summed E-state index contributed by atoms with van der Waals surface area (Å²) in [5, 5.41) is 0.328. The molecule has 0 unspecified atom stereocenters. The van der Waals surface area contributed by atoms with E-state index in [1.807, 2.05) is 30.3 Å². The Labute approximate surface area is 156 Å². The summed E-state index contributed by atoms with van der Waals surface area (Å²) in [5.41, 5.74) is 6.99. The van der Waals surface area contributed by atoms with Crippen LogP contribution in [0.2, 0.25) is 0 Å². The molecule has 0 saturated carbocycles. The molecule has 5 nitrogen and oxygen atoms in total. The molecule has 0 spiro atoms. The molecule has 27 heavy (non-hydrogen) atoms. The summed E-state index contributed by atoms with van der Waals surface area (Å²) in [5.74, 6) is -1.29. The third kappa shape index (κ3) is 2.80. The van der Waals surface area contributed by atoms with Gasteiger partial charge in [-0.1, -0.05) is 60.7 Å². The maximum absolute atomic E-state index is 13.6. The molecule has 0 radical (unpaired) electrons. The zero-order valence-electron chi connectivity index (χ0n) is 14.1. The number of furan rings is 1. The Morgan fingerprint density at radius 1 is 0.815 bits per heavy atom. The van der Waals surface area contributed by atoms with Crippen LogP contribution in [0, 0.1) is 0 Å². The fourth-order valence-corrected chi connectivity index (χ4v) is 4.92. The lowest BCUT2D eigenvalue weighted by atomic mass is 10.1. The number of carbonyl (C=O) groups excluding carboxylic acids is 1. The molecule has 134 valence electrons. The van der Waals surface area contributed by atoms with Gasteiger partial charge in [-0.15, -0.1) is 0 Å². The van der Waals surface area contributed by atoms with Gasteiger partial charge in [0.05, 0.1) is 4.90 Å². The Balaban J connectivity index is 2.04. The molecule has 0 atom stereocenters. The molecule has 1 aromatic heterocycles. The minimum Gasteiger partial charge on any atom is -0.449 e. The topological polar surface area (TPSA) is 90.4 Å². The SMILES string of the molecule is NC(=O)c1oc2ccccc2c1S(=O)(=O)c1ccccc1-c1ccccc1. The van der Waals surface area contributed by atoms with Gasteiger partial charge in [-0.25, -0.2) is 8.42 Å². The van der Waals surface area contributed by atoms with Gasteiger partial charge in [0.2, 0.25) is 15.6 Å². The number of hydrogen-bond acceptors (Lipinski definition) is 4. The zero-order valence-corrected chi connectivity index (χ0v) is 14.9. The molecule has 0 aliphatic carbocycles. The van der Waals surface area contributed by atoms with Gasteiger partial charge in [0.1, 0.15) is 10.5 Å². The van der Waals surface area contributed by atoms with Crippen molar-refractivity contribution in [3.05, 3.63) is 84.6 Å². The molecule has 1 amide bonds. The van der Waals surface area contributed by atoms with Crippen molar-refractivity contribution < 1.29 is 17.6 Å². The van der Waals surface area contributed by atoms with Crippen molar-refractivity contribution in [1.29, 1.82) is 0 Å². The molecule has 0 aliphatic rings. The molecular weight excluding hydrogens is 362 g/mol. The third-order valence-electron chi connectivity index (χ3n) is 4.30. The maximum atomic E-state index is 13.6. The minimum absolute atomic E-state index is 0.0882. The van der Waals surface area contributed by atoms with Gasteiger partial charge in [0.25, 0.3) is 5.91 Å². The number of fused-ring (bicyclic) bond motifs is 1. The second-order valence-corrected chi connectivity index (χ2v) is 7.84. The van der Waals surface area contributed by atoms with E-state index in [9.17, 15) is 13.2 Å². The molecule has 2 N–H and O–H groups in total. The van der Waals surface area contributed by atoms with Gasteiger partial charge in [0.15, 0.2) is 0 Å². The predicted molar refractivity (Wildman–Crippen MR) is 102 cm³/mol. The van der Waals surface area contributed by atoms with Crippen LogP contribution >= 0.6 is 0 Å². The van der Waals surface area contributed by atoms with E-state index in [1.54, 1.807) is 42.5 Å². The van der Waals surface area contributed by atoms with Crippen LogP contribution in [-0.4, -0.2) is 14.3 Å². The van der Waals surface area contributed by atoms with Crippen LogP contribution in [0.5, 0.6) is 0 Å². The van der Waals surface area contributed by atoms with Crippen LogP contribution < -0.4 is 5.73 Å². The summed E-state index contributed by atoms with van der Waals surface area (Å²) in [6.45, 7) is 0. The van der Waals surface area contributed by atoms with Gasteiger partial charge >= 0.3 is 0 Å². The highest BCUT2D eigenvalue weighted by Gasteiger charge is 2.32. The van der Waals surface area contributed by atoms with Gasteiger partial charge in [-0.3, -0.25) is 4.79 Å². The summed E-state index contributed by atoms with van der Waals surface area (Å²) in [6, 6.07) is 22.4. The van der Waals surface area contributed by atoms with E-state index in [4.69, 9.17) is 10.2 Å². The Bertz CT molecular complexity index is 1260. The Kier molecular flexibility index (Phi) is 4.05. The summed E-state index contributed by atoms with van der Waals surface area (Å²) < 4.78 is 32.6. The van der Waals surface area contributed by atoms with E-state index < -0.39 is 15.7 Å². The molecule has 0 fully saturated rings. The Morgan fingerprint density at radius 3 is 2.19 bits per heavy atom. The number of benzene rings is 3. The molecule has 0 aliphatic heterocycles. The van der Waals surface area contributed by atoms with Crippen LogP contribution in [-0.2, 0) is 9.84 Å². The molecule has 6 heteroatoms. The number of hydrogen-bond donors (Lipinski definition) is 1. The quantitative estimate of drug-likeness (QED) is 0.581. The lowest BCUT2D eigenvalue weighted by Crippen LogP contribution is -2.15. The molecule has 1 heterocycles. The van der Waals surface area contributed by atoms with E-state index in [0.29, 0.717) is 16.5 Å². The number of para-hydroxylation sites is 1. The van der Waals surface area contributed by atoms with Crippen LogP contribution in [0.1, 0.15) is 10.6 Å². The van der Waals surface area contributed by atoms with Crippen molar-refractivity contribution in [2.24, 2.45) is 5.73 Å². The number of amides is 1. The standard InChI is InChI=1S/C21H15NO4S/c22-21(23)19-20(16-11-4-6-12-17(16)26-19)27(24,25)18-13-7-5-10-15(18)14-8-2-1-3-9-14/h1-13H,(H2,22,23). The normalized spacial score (nSPS) is 11.6. The number of carbonyl (C=O) groups is 1. The van der Waals surface area contributed by atoms with Gasteiger partial charge in [0, 0.05) is 10.9 Å². The third-order valence-corrected chi connectivity index (χ3v) is 6.18. The van der Waals surface area contributed by atoms with E-state index in [-0.39, 0.29) is 15.6 Å². The van der Waals surface area contributed by atoms with Crippen molar-refractivity contribution in [2.75, 3.05) is 0 Å². The fourth-order valence-electron chi connectivity index (χ4n) is 3.12. The van der Waals surface area contributed by atoms with E-state index in [0.717, 1.165) is 5.56 Å². The average molecular weight is 377 g/mol. The maximum Gasteiger partial charge on any atom is 0.285 e. The largest absolute Gasteiger partial charge is 0.449 e. The van der Waals surface area contributed by atoms with Crippen molar-refractivity contribution in [2.45, 2.75) is 9.79 Å². The predicted octanol–water partition coefficient (Wildman–Crippen LogP) is 4.03. The van der Waals surface area contributed by atoms with Gasteiger partial charge < -0.3 is 10.2 Å². The van der Waals surface area contributed by atoms with E-state index in [1.165, 1.54) is 6.07 Å². The van der Waals surface area contributed by atoms with E-state index >= 15 is 0 Å². The number of primary amides is 1. The fraction of sp³-hybridized carbons (Fsp3) is 0. The molecular formula is C21H15NO4S. The highest BCUT2D eigenvalue weighted by molar-refractivity contribution is 7.92. The Morgan fingerprint density at radius 2 is 1.44 bits per heavy atom. The molecule has 0 saturated heterocycles. The molecule has 4 rings (SSSR count). The van der Waals surface area contributed by atoms with Crippen molar-refractivity contribution in [3.8, 4) is 11.1 Å². The van der Waals surface area contributed by atoms with Crippen molar-refractivity contribution in [1.82, 2.24) is 0 Å². The molecule has 0 bridgehead atoms. The minimum atomic E-state index is -4.07. The second-order valence-electron chi connectivity index (χ2n) is 5.99. The lowest BCUT2D eigenvalue weighted by Gasteiger charge is -2.11. The van der Waals surface area contributed by atoms with Gasteiger partial charge in [-0.05, 0) is 23.8 Å². The number of rotatable bonds is 4. The highest BCUT2D eigenvalue weighted by Crippen LogP contribution is 2.37. The summed E-state index contributed by atoms with van der Waals surface area (Å²) in [6.07, 6.45) is 0. The Hall–Kier alpha value is -3.38.